The second-order valence-corrected chi connectivity index (χ2v) is 7.26. The van der Waals surface area contributed by atoms with Gasteiger partial charge in [0.15, 0.2) is 0 Å². The number of carbonyl (C=O) groups is 3. The zero-order valence-corrected chi connectivity index (χ0v) is 16.5. The molecule has 0 unspecified atom stereocenters. The molecule has 1 fully saturated rings. The van der Waals surface area contributed by atoms with Crippen molar-refractivity contribution in [2.75, 3.05) is 18.5 Å². The molecule has 1 saturated heterocycles. The van der Waals surface area contributed by atoms with Crippen LogP contribution in [0.3, 0.4) is 0 Å². The smallest absolute Gasteiger partial charge is 0.294 e. The first kappa shape index (κ1) is 20.0. The number of hydrogen-bond donors (Lipinski definition) is 1. The van der Waals surface area contributed by atoms with Gasteiger partial charge in [0.2, 0.25) is 5.91 Å². The Labute approximate surface area is 171 Å². The van der Waals surface area contributed by atoms with Crippen LogP contribution >= 0.6 is 23.4 Å². The molecule has 1 aliphatic heterocycles. The van der Waals surface area contributed by atoms with E-state index in [4.69, 9.17) is 16.3 Å². The molecule has 2 aromatic carbocycles. The standard InChI is InChI=1S/C20H17ClN2O4S/c1-2-27-16-8-6-13(7-9-16)10-17-19(25)23(20(26)28-17)12-18(24)22-15-5-3-4-14(21)11-15/h3-11H,2,12H2,1H3,(H,22,24)/b17-10+. The van der Waals surface area contributed by atoms with Crippen molar-refractivity contribution in [3.63, 3.8) is 0 Å². The number of rotatable bonds is 6. The minimum absolute atomic E-state index is 0.268. The summed E-state index contributed by atoms with van der Waals surface area (Å²) in [5, 5.41) is 2.61. The van der Waals surface area contributed by atoms with Crippen LogP contribution in [0.1, 0.15) is 12.5 Å². The maximum Gasteiger partial charge on any atom is 0.294 e. The van der Waals surface area contributed by atoms with Gasteiger partial charge in [-0.3, -0.25) is 19.3 Å². The number of amides is 3. The van der Waals surface area contributed by atoms with Crippen LogP contribution in [-0.4, -0.2) is 35.1 Å². The van der Waals surface area contributed by atoms with Gasteiger partial charge in [0.05, 0.1) is 11.5 Å². The van der Waals surface area contributed by atoms with Crippen LogP contribution < -0.4 is 10.1 Å². The fourth-order valence-corrected chi connectivity index (χ4v) is 3.55. The van der Waals surface area contributed by atoms with Crippen LogP contribution in [0.25, 0.3) is 6.08 Å². The highest BCUT2D eigenvalue weighted by Crippen LogP contribution is 2.32. The number of anilines is 1. The van der Waals surface area contributed by atoms with Crippen LogP contribution in [0.5, 0.6) is 5.75 Å². The van der Waals surface area contributed by atoms with Crippen LogP contribution in [0, 0.1) is 0 Å². The highest BCUT2D eigenvalue weighted by Gasteiger charge is 2.36. The van der Waals surface area contributed by atoms with Gasteiger partial charge in [-0.15, -0.1) is 0 Å². The van der Waals surface area contributed by atoms with Gasteiger partial charge in [0, 0.05) is 10.7 Å². The molecule has 144 valence electrons. The van der Waals surface area contributed by atoms with Gasteiger partial charge in [-0.2, -0.15) is 0 Å². The summed E-state index contributed by atoms with van der Waals surface area (Å²) in [5.41, 5.74) is 1.26. The Bertz CT molecular complexity index is 943. The second kappa shape index (κ2) is 8.95. The summed E-state index contributed by atoms with van der Waals surface area (Å²) < 4.78 is 5.38. The molecule has 0 spiro atoms. The van der Waals surface area contributed by atoms with E-state index < -0.39 is 17.1 Å². The third-order valence-corrected chi connectivity index (χ3v) is 4.92. The molecule has 0 radical (unpaired) electrons. The number of carbonyl (C=O) groups excluding carboxylic acids is 3. The Morgan fingerprint density at radius 3 is 2.64 bits per heavy atom. The van der Waals surface area contributed by atoms with Crippen molar-refractivity contribution in [2.24, 2.45) is 0 Å². The van der Waals surface area contributed by atoms with E-state index >= 15 is 0 Å². The number of benzene rings is 2. The van der Waals surface area contributed by atoms with E-state index in [0.717, 1.165) is 28.0 Å². The van der Waals surface area contributed by atoms with E-state index in [0.29, 0.717) is 17.3 Å². The number of thioether (sulfide) groups is 1. The van der Waals surface area contributed by atoms with Gasteiger partial charge in [-0.05, 0) is 60.7 Å². The van der Waals surface area contributed by atoms with Crippen molar-refractivity contribution < 1.29 is 19.1 Å². The number of ether oxygens (including phenoxy) is 1. The summed E-state index contributed by atoms with van der Waals surface area (Å²) in [4.78, 5) is 38.1. The molecule has 3 amide bonds. The van der Waals surface area contributed by atoms with E-state index in [2.05, 4.69) is 5.32 Å². The Morgan fingerprint density at radius 2 is 1.96 bits per heavy atom. The average molecular weight is 417 g/mol. The molecule has 8 heteroatoms. The highest BCUT2D eigenvalue weighted by molar-refractivity contribution is 8.18. The maximum atomic E-state index is 12.5. The zero-order chi connectivity index (χ0) is 20.1. The normalized spacial score (nSPS) is 15.2. The fraction of sp³-hybridized carbons (Fsp3) is 0.150. The van der Waals surface area contributed by atoms with Gasteiger partial charge < -0.3 is 10.1 Å². The van der Waals surface area contributed by atoms with Gasteiger partial charge in [-0.1, -0.05) is 29.8 Å². The van der Waals surface area contributed by atoms with Crippen LogP contribution in [0.2, 0.25) is 5.02 Å². The predicted molar refractivity (Wildman–Crippen MR) is 110 cm³/mol. The van der Waals surface area contributed by atoms with Crippen molar-refractivity contribution >= 4 is 52.2 Å². The van der Waals surface area contributed by atoms with Gasteiger partial charge in [0.25, 0.3) is 11.1 Å². The third-order valence-electron chi connectivity index (χ3n) is 3.77. The lowest BCUT2D eigenvalue weighted by molar-refractivity contribution is -0.127. The molecular weight excluding hydrogens is 400 g/mol. The molecule has 0 saturated carbocycles. The van der Waals surface area contributed by atoms with Crippen molar-refractivity contribution in [1.29, 1.82) is 0 Å². The topological polar surface area (TPSA) is 75.7 Å². The lowest BCUT2D eigenvalue weighted by atomic mass is 10.2. The summed E-state index contributed by atoms with van der Waals surface area (Å²) in [6.07, 6.45) is 1.62. The second-order valence-electron chi connectivity index (χ2n) is 5.83. The van der Waals surface area contributed by atoms with Gasteiger partial charge in [0.1, 0.15) is 12.3 Å². The first-order valence-electron chi connectivity index (χ1n) is 8.50. The summed E-state index contributed by atoms with van der Waals surface area (Å²) >= 11 is 6.69. The molecule has 1 N–H and O–H groups in total. The quantitative estimate of drug-likeness (QED) is 0.706. The van der Waals surface area contributed by atoms with Crippen molar-refractivity contribution in [1.82, 2.24) is 4.90 Å². The first-order chi connectivity index (χ1) is 13.5. The van der Waals surface area contributed by atoms with Crippen LogP contribution in [0.4, 0.5) is 10.5 Å². The van der Waals surface area contributed by atoms with E-state index in [9.17, 15) is 14.4 Å². The monoisotopic (exact) mass is 416 g/mol. The summed E-state index contributed by atoms with van der Waals surface area (Å²) in [5.74, 6) is -0.248. The Balaban J connectivity index is 1.66. The molecule has 28 heavy (non-hydrogen) atoms. The molecule has 0 bridgehead atoms. The zero-order valence-electron chi connectivity index (χ0n) is 15.0. The lowest BCUT2D eigenvalue weighted by Crippen LogP contribution is -2.36. The van der Waals surface area contributed by atoms with Gasteiger partial charge in [-0.25, -0.2) is 0 Å². The molecule has 0 atom stereocenters. The SMILES string of the molecule is CCOc1ccc(/C=C2/SC(=O)N(CC(=O)Nc3cccc(Cl)c3)C2=O)cc1. The lowest BCUT2D eigenvalue weighted by Gasteiger charge is -2.12. The van der Waals surface area contributed by atoms with Crippen LogP contribution in [-0.2, 0) is 9.59 Å². The van der Waals surface area contributed by atoms with E-state index in [1.807, 2.05) is 6.92 Å². The molecule has 1 aliphatic rings. The van der Waals surface area contributed by atoms with E-state index in [-0.39, 0.29) is 11.4 Å². The fourth-order valence-electron chi connectivity index (χ4n) is 2.52. The van der Waals surface area contributed by atoms with Gasteiger partial charge >= 0.3 is 0 Å². The van der Waals surface area contributed by atoms with Crippen molar-refractivity contribution in [2.45, 2.75) is 6.92 Å². The number of nitrogens with zero attached hydrogens (tertiary/aromatic N) is 1. The van der Waals surface area contributed by atoms with Crippen molar-refractivity contribution in [3.05, 3.63) is 64.0 Å². The molecule has 6 nitrogen and oxygen atoms in total. The minimum Gasteiger partial charge on any atom is -0.494 e. The Hall–Kier alpha value is -2.77. The Kier molecular flexibility index (Phi) is 6.38. The minimum atomic E-state index is -0.495. The molecular formula is C20H17ClN2O4S. The maximum absolute atomic E-state index is 12.5. The molecule has 1 heterocycles. The number of nitrogens with one attached hydrogen (secondary N) is 1. The van der Waals surface area contributed by atoms with E-state index in [1.165, 1.54) is 0 Å². The number of halogens is 1. The Morgan fingerprint density at radius 1 is 1.21 bits per heavy atom. The highest BCUT2D eigenvalue weighted by atomic mass is 35.5. The molecule has 0 aliphatic carbocycles. The number of hydrogen-bond acceptors (Lipinski definition) is 5. The molecule has 3 rings (SSSR count). The summed E-state index contributed by atoms with van der Waals surface area (Å²) in [6, 6.07) is 13.8. The number of imide groups is 1. The first-order valence-corrected chi connectivity index (χ1v) is 9.69. The van der Waals surface area contributed by atoms with E-state index in [1.54, 1.807) is 54.6 Å². The predicted octanol–water partition coefficient (Wildman–Crippen LogP) is 4.41. The molecule has 0 aromatic heterocycles. The largest absolute Gasteiger partial charge is 0.494 e. The van der Waals surface area contributed by atoms with Crippen LogP contribution in [0.15, 0.2) is 53.4 Å². The molecule has 2 aromatic rings. The summed E-state index contributed by atoms with van der Waals surface area (Å²) in [6.45, 7) is 2.10. The summed E-state index contributed by atoms with van der Waals surface area (Å²) in [7, 11) is 0. The van der Waals surface area contributed by atoms with Crippen molar-refractivity contribution in [3.8, 4) is 5.75 Å². The third kappa shape index (κ3) is 4.94. The average Bonchev–Trinajstić information content (AvgIpc) is 2.91.